The summed E-state index contributed by atoms with van der Waals surface area (Å²) in [4.78, 5) is 11.0. The van der Waals surface area contributed by atoms with Crippen molar-refractivity contribution >= 4 is 45.1 Å². The molecule has 2 rings (SSSR count). The van der Waals surface area contributed by atoms with Crippen molar-refractivity contribution in [1.82, 2.24) is 9.97 Å². The zero-order valence-electron chi connectivity index (χ0n) is 11.6. The van der Waals surface area contributed by atoms with E-state index in [4.69, 9.17) is 5.73 Å². The first-order chi connectivity index (χ1) is 9.13. The molecule has 0 amide bonds. The van der Waals surface area contributed by atoms with Crippen molar-refractivity contribution in [2.45, 2.75) is 33.2 Å². The molecule has 0 saturated heterocycles. The molecule has 1 unspecified atom stereocenters. The van der Waals surface area contributed by atoms with Gasteiger partial charge < -0.3 is 11.1 Å². The van der Waals surface area contributed by atoms with Crippen molar-refractivity contribution in [1.29, 1.82) is 0 Å². The second-order valence-corrected chi connectivity index (χ2v) is 6.85. The molecule has 2 aromatic rings. The summed E-state index contributed by atoms with van der Waals surface area (Å²) in [6.45, 7) is 6.49. The number of aryl methyl sites for hydroxylation is 1. The summed E-state index contributed by atoms with van der Waals surface area (Å²) in [6.07, 6.45) is 1.02. The Morgan fingerprint density at radius 1 is 1.42 bits per heavy atom. The van der Waals surface area contributed by atoms with E-state index in [-0.39, 0.29) is 0 Å². The SMILES string of the molecule is CCSCC(C)Nc1nc(N)nc2sc(CC)cc12. The molecule has 0 bridgehead atoms. The summed E-state index contributed by atoms with van der Waals surface area (Å²) < 4.78 is 0. The molecule has 0 radical (unpaired) electrons. The van der Waals surface area contributed by atoms with Gasteiger partial charge in [0.25, 0.3) is 0 Å². The molecule has 0 fully saturated rings. The highest BCUT2D eigenvalue weighted by atomic mass is 32.2. The van der Waals surface area contributed by atoms with Crippen LogP contribution in [-0.4, -0.2) is 27.5 Å². The van der Waals surface area contributed by atoms with E-state index in [1.54, 1.807) is 11.3 Å². The van der Waals surface area contributed by atoms with Crippen molar-refractivity contribution in [2.24, 2.45) is 0 Å². The number of nitrogens with zero attached hydrogens (tertiary/aromatic N) is 2. The minimum atomic E-state index is 0.342. The van der Waals surface area contributed by atoms with Gasteiger partial charge in [-0.1, -0.05) is 13.8 Å². The molecule has 0 aliphatic heterocycles. The van der Waals surface area contributed by atoms with Crippen LogP contribution in [0.15, 0.2) is 6.07 Å². The van der Waals surface area contributed by atoms with Gasteiger partial charge in [0, 0.05) is 16.7 Å². The number of nitrogens with two attached hydrogens (primary N) is 1. The van der Waals surface area contributed by atoms with Gasteiger partial charge in [-0.25, -0.2) is 4.98 Å². The Balaban J connectivity index is 2.28. The van der Waals surface area contributed by atoms with Crippen LogP contribution in [0.4, 0.5) is 11.8 Å². The lowest BCUT2D eigenvalue weighted by Gasteiger charge is -2.14. The van der Waals surface area contributed by atoms with Crippen LogP contribution in [0.2, 0.25) is 0 Å². The Kier molecular flexibility index (Phi) is 4.87. The van der Waals surface area contributed by atoms with Crippen LogP contribution >= 0.6 is 23.1 Å². The Morgan fingerprint density at radius 3 is 2.89 bits per heavy atom. The van der Waals surface area contributed by atoms with E-state index in [0.717, 1.165) is 34.0 Å². The normalized spacial score (nSPS) is 12.8. The van der Waals surface area contributed by atoms with E-state index < -0.39 is 0 Å². The molecule has 1 atom stereocenters. The molecule has 6 heteroatoms. The topological polar surface area (TPSA) is 63.8 Å². The maximum absolute atomic E-state index is 5.79. The molecule has 104 valence electrons. The van der Waals surface area contributed by atoms with E-state index in [1.807, 2.05) is 11.8 Å². The number of thiophene rings is 1. The highest BCUT2D eigenvalue weighted by Gasteiger charge is 2.12. The molecule has 0 saturated carbocycles. The van der Waals surface area contributed by atoms with Crippen LogP contribution in [0.25, 0.3) is 10.2 Å². The molecule has 0 aliphatic carbocycles. The first kappa shape index (κ1) is 14.4. The van der Waals surface area contributed by atoms with Gasteiger partial charge in [0.2, 0.25) is 5.95 Å². The maximum atomic E-state index is 5.79. The van der Waals surface area contributed by atoms with Crippen LogP contribution in [0.3, 0.4) is 0 Å². The second kappa shape index (κ2) is 6.43. The highest BCUT2D eigenvalue weighted by Crippen LogP contribution is 2.30. The molecule has 0 spiro atoms. The summed E-state index contributed by atoms with van der Waals surface area (Å²) in [5.74, 6) is 3.40. The van der Waals surface area contributed by atoms with Gasteiger partial charge in [-0.2, -0.15) is 16.7 Å². The van der Waals surface area contributed by atoms with Crippen molar-refractivity contribution in [3.05, 3.63) is 10.9 Å². The number of rotatable bonds is 6. The third kappa shape index (κ3) is 3.51. The smallest absolute Gasteiger partial charge is 0.223 e. The lowest BCUT2D eigenvalue weighted by Crippen LogP contribution is -2.19. The molecule has 2 heterocycles. The Labute approximate surface area is 122 Å². The fourth-order valence-electron chi connectivity index (χ4n) is 1.84. The monoisotopic (exact) mass is 296 g/mol. The molecule has 0 aliphatic rings. The first-order valence-corrected chi connectivity index (χ1v) is 8.51. The van der Waals surface area contributed by atoms with E-state index in [9.17, 15) is 0 Å². The van der Waals surface area contributed by atoms with Crippen molar-refractivity contribution in [3.63, 3.8) is 0 Å². The zero-order valence-corrected chi connectivity index (χ0v) is 13.2. The van der Waals surface area contributed by atoms with Crippen LogP contribution in [0.1, 0.15) is 25.6 Å². The average Bonchev–Trinajstić information content (AvgIpc) is 2.79. The quantitative estimate of drug-likeness (QED) is 0.855. The van der Waals surface area contributed by atoms with Crippen LogP contribution < -0.4 is 11.1 Å². The van der Waals surface area contributed by atoms with E-state index >= 15 is 0 Å². The van der Waals surface area contributed by atoms with E-state index in [1.165, 1.54) is 4.88 Å². The lowest BCUT2D eigenvalue weighted by atomic mass is 10.3. The van der Waals surface area contributed by atoms with Crippen LogP contribution in [0, 0.1) is 0 Å². The minimum Gasteiger partial charge on any atom is -0.368 e. The standard InChI is InChI=1S/C13H20N4S2/c1-4-9-6-10-11(15-8(3)7-18-5-2)16-13(14)17-12(10)19-9/h6,8H,4-5,7H2,1-3H3,(H3,14,15,16,17). The Morgan fingerprint density at radius 2 is 2.21 bits per heavy atom. The molecular weight excluding hydrogens is 276 g/mol. The van der Waals surface area contributed by atoms with Gasteiger partial charge in [0.15, 0.2) is 0 Å². The van der Waals surface area contributed by atoms with Gasteiger partial charge in [-0.3, -0.25) is 0 Å². The number of hydrogen-bond donors (Lipinski definition) is 2. The van der Waals surface area contributed by atoms with Gasteiger partial charge >= 0.3 is 0 Å². The Hall–Kier alpha value is -1.01. The fourth-order valence-corrected chi connectivity index (χ4v) is 3.49. The summed E-state index contributed by atoms with van der Waals surface area (Å²) in [5, 5.41) is 4.54. The predicted molar refractivity (Wildman–Crippen MR) is 87.3 cm³/mol. The average molecular weight is 296 g/mol. The van der Waals surface area contributed by atoms with Crippen molar-refractivity contribution < 1.29 is 0 Å². The zero-order chi connectivity index (χ0) is 13.8. The highest BCUT2D eigenvalue weighted by molar-refractivity contribution is 7.99. The largest absolute Gasteiger partial charge is 0.368 e. The molecule has 19 heavy (non-hydrogen) atoms. The van der Waals surface area contributed by atoms with Crippen molar-refractivity contribution in [3.8, 4) is 0 Å². The number of hydrogen-bond acceptors (Lipinski definition) is 6. The van der Waals surface area contributed by atoms with E-state index in [2.05, 4.69) is 42.1 Å². The Bertz CT molecular complexity index is 553. The number of thioether (sulfide) groups is 1. The van der Waals surface area contributed by atoms with Gasteiger partial charge in [0.1, 0.15) is 10.6 Å². The van der Waals surface area contributed by atoms with Gasteiger partial charge in [-0.15, -0.1) is 11.3 Å². The van der Waals surface area contributed by atoms with Crippen LogP contribution in [0.5, 0.6) is 0 Å². The van der Waals surface area contributed by atoms with Crippen LogP contribution in [-0.2, 0) is 6.42 Å². The first-order valence-electron chi connectivity index (χ1n) is 6.54. The number of fused-ring (bicyclic) bond motifs is 1. The fraction of sp³-hybridized carbons (Fsp3) is 0.538. The summed E-state index contributed by atoms with van der Waals surface area (Å²) in [7, 11) is 0. The summed E-state index contributed by atoms with van der Waals surface area (Å²) in [6, 6.07) is 2.54. The molecule has 4 nitrogen and oxygen atoms in total. The molecule has 3 N–H and O–H groups in total. The third-order valence-corrected chi connectivity index (χ3v) is 5.08. The number of nitrogens with one attached hydrogen (secondary N) is 1. The third-order valence-electron chi connectivity index (χ3n) is 2.76. The number of anilines is 2. The number of nitrogen functional groups attached to an aromatic ring is 1. The van der Waals surface area contributed by atoms with Crippen molar-refractivity contribution in [2.75, 3.05) is 22.6 Å². The lowest BCUT2D eigenvalue weighted by molar-refractivity contribution is 0.904. The summed E-state index contributed by atoms with van der Waals surface area (Å²) >= 11 is 3.61. The van der Waals surface area contributed by atoms with Gasteiger partial charge in [0.05, 0.1) is 5.39 Å². The molecule has 2 aromatic heterocycles. The molecular formula is C13H20N4S2. The van der Waals surface area contributed by atoms with E-state index in [0.29, 0.717) is 12.0 Å². The maximum Gasteiger partial charge on any atom is 0.223 e. The number of aromatic nitrogens is 2. The molecule has 0 aromatic carbocycles. The van der Waals surface area contributed by atoms with Gasteiger partial charge in [-0.05, 0) is 25.2 Å². The second-order valence-electron chi connectivity index (χ2n) is 4.42. The minimum absolute atomic E-state index is 0.342. The summed E-state index contributed by atoms with van der Waals surface area (Å²) in [5.41, 5.74) is 5.79. The predicted octanol–water partition coefficient (Wildman–Crippen LogP) is 3.39.